The van der Waals surface area contributed by atoms with Crippen LogP contribution in [-0.2, 0) is 9.53 Å². The standard InChI is InChI=1S/C12H23NO3/c1-3-16-12(15)8-11(14)9-13(2)10-6-4-5-7-10/h10-11,14H,3-9H2,1-2H3. The van der Waals surface area contributed by atoms with E-state index >= 15 is 0 Å². The van der Waals surface area contributed by atoms with E-state index in [2.05, 4.69) is 4.90 Å². The van der Waals surface area contributed by atoms with Gasteiger partial charge in [-0.2, -0.15) is 0 Å². The molecule has 0 aromatic heterocycles. The van der Waals surface area contributed by atoms with Crippen LogP contribution in [-0.4, -0.2) is 48.3 Å². The smallest absolute Gasteiger partial charge is 0.308 e. The van der Waals surface area contributed by atoms with E-state index in [0.29, 0.717) is 19.2 Å². The molecule has 0 aliphatic heterocycles. The first kappa shape index (κ1) is 13.5. The zero-order valence-electron chi connectivity index (χ0n) is 10.3. The summed E-state index contributed by atoms with van der Waals surface area (Å²) in [6.45, 7) is 2.71. The van der Waals surface area contributed by atoms with Gasteiger partial charge >= 0.3 is 5.97 Å². The van der Waals surface area contributed by atoms with Crippen LogP contribution in [0.5, 0.6) is 0 Å². The minimum Gasteiger partial charge on any atom is -0.466 e. The molecule has 1 aliphatic carbocycles. The van der Waals surface area contributed by atoms with Gasteiger partial charge in [-0.15, -0.1) is 0 Å². The average Bonchev–Trinajstić information content (AvgIpc) is 2.69. The molecule has 1 unspecified atom stereocenters. The minimum atomic E-state index is -0.607. The molecule has 0 bridgehead atoms. The van der Waals surface area contributed by atoms with Crippen LogP contribution in [0.2, 0.25) is 0 Å². The van der Waals surface area contributed by atoms with Gasteiger partial charge in [0.05, 0.1) is 19.1 Å². The predicted octanol–water partition coefficient (Wildman–Crippen LogP) is 1.17. The Balaban J connectivity index is 2.21. The summed E-state index contributed by atoms with van der Waals surface area (Å²) in [4.78, 5) is 13.3. The Morgan fingerprint density at radius 3 is 2.69 bits per heavy atom. The number of likely N-dealkylation sites (N-methyl/N-ethyl adjacent to an activating group) is 1. The fourth-order valence-corrected chi connectivity index (χ4v) is 2.30. The third-order valence-corrected chi connectivity index (χ3v) is 3.15. The van der Waals surface area contributed by atoms with Crippen LogP contribution < -0.4 is 0 Å². The van der Waals surface area contributed by atoms with Crippen molar-refractivity contribution >= 4 is 5.97 Å². The number of esters is 1. The lowest BCUT2D eigenvalue weighted by molar-refractivity contribution is -0.145. The van der Waals surface area contributed by atoms with Gasteiger partial charge in [0.2, 0.25) is 0 Å². The van der Waals surface area contributed by atoms with Crippen molar-refractivity contribution < 1.29 is 14.6 Å². The quantitative estimate of drug-likeness (QED) is 0.695. The molecule has 94 valence electrons. The molecule has 1 saturated carbocycles. The van der Waals surface area contributed by atoms with Crippen molar-refractivity contribution in [3.05, 3.63) is 0 Å². The fourth-order valence-electron chi connectivity index (χ4n) is 2.30. The van der Waals surface area contributed by atoms with E-state index in [-0.39, 0.29) is 12.4 Å². The van der Waals surface area contributed by atoms with Gasteiger partial charge in [-0.3, -0.25) is 4.79 Å². The number of ether oxygens (including phenoxy) is 1. The Bertz CT molecular complexity index is 214. The molecular formula is C12H23NO3. The van der Waals surface area contributed by atoms with Crippen molar-refractivity contribution in [2.45, 2.75) is 51.2 Å². The lowest BCUT2D eigenvalue weighted by atomic mass is 10.2. The van der Waals surface area contributed by atoms with Gasteiger partial charge < -0.3 is 14.7 Å². The molecule has 0 aromatic rings. The minimum absolute atomic E-state index is 0.102. The van der Waals surface area contributed by atoms with Gasteiger partial charge in [-0.25, -0.2) is 0 Å². The topological polar surface area (TPSA) is 49.8 Å². The number of aliphatic hydroxyl groups is 1. The van der Waals surface area contributed by atoms with E-state index in [0.717, 1.165) is 0 Å². The Labute approximate surface area is 97.6 Å². The molecule has 0 aromatic carbocycles. The second-order valence-corrected chi connectivity index (χ2v) is 4.54. The largest absolute Gasteiger partial charge is 0.466 e. The number of hydrogen-bond donors (Lipinski definition) is 1. The molecule has 1 fully saturated rings. The maximum atomic E-state index is 11.2. The second kappa shape index (κ2) is 6.86. The maximum Gasteiger partial charge on any atom is 0.308 e. The van der Waals surface area contributed by atoms with E-state index in [1.165, 1.54) is 25.7 Å². The van der Waals surface area contributed by atoms with Crippen molar-refractivity contribution in [2.75, 3.05) is 20.2 Å². The third kappa shape index (κ3) is 4.49. The summed E-state index contributed by atoms with van der Waals surface area (Å²) in [5, 5.41) is 9.73. The van der Waals surface area contributed by atoms with Gasteiger partial charge in [-0.05, 0) is 26.8 Å². The number of rotatable bonds is 6. The number of nitrogens with zero attached hydrogens (tertiary/aromatic N) is 1. The zero-order chi connectivity index (χ0) is 12.0. The van der Waals surface area contributed by atoms with E-state index in [1.807, 2.05) is 7.05 Å². The van der Waals surface area contributed by atoms with Crippen LogP contribution >= 0.6 is 0 Å². The summed E-state index contributed by atoms with van der Waals surface area (Å²) >= 11 is 0. The zero-order valence-corrected chi connectivity index (χ0v) is 10.3. The fraction of sp³-hybridized carbons (Fsp3) is 0.917. The average molecular weight is 229 g/mol. The normalized spacial score (nSPS) is 19.0. The van der Waals surface area contributed by atoms with Crippen LogP contribution in [0.25, 0.3) is 0 Å². The Morgan fingerprint density at radius 2 is 2.12 bits per heavy atom. The lowest BCUT2D eigenvalue weighted by Crippen LogP contribution is -2.37. The Morgan fingerprint density at radius 1 is 1.50 bits per heavy atom. The van der Waals surface area contributed by atoms with Crippen LogP contribution in [0.1, 0.15) is 39.0 Å². The predicted molar refractivity (Wildman–Crippen MR) is 62.1 cm³/mol. The van der Waals surface area contributed by atoms with Gasteiger partial charge in [0.1, 0.15) is 0 Å². The van der Waals surface area contributed by atoms with Crippen molar-refractivity contribution in [3.8, 4) is 0 Å². The molecule has 0 amide bonds. The van der Waals surface area contributed by atoms with Crippen LogP contribution in [0.4, 0.5) is 0 Å². The molecule has 0 spiro atoms. The summed E-state index contributed by atoms with van der Waals surface area (Å²) in [6, 6.07) is 0.580. The third-order valence-electron chi connectivity index (χ3n) is 3.15. The maximum absolute atomic E-state index is 11.2. The monoisotopic (exact) mass is 229 g/mol. The van der Waals surface area contributed by atoms with Crippen molar-refractivity contribution in [1.29, 1.82) is 0 Å². The van der Waals surface area contributed by atoms with Crippen molar-refractivity contribution in [2.24, 2.45) is 0 Å². The van der Waals surface area contributed by atoms with E-state index in [4.69, 9.17) is 4.74 Å². The summed E-state index contributed by atoms with van der Waals surface area (Å²) in [5.41, 5.74) is 0. The first-order valence-electron chi connectivity index (χ1n) is 6.17. The van der Waals surface area contributed by atoms with E-state index in [9.17, 15) is 9.90 Å². The van der Waals surface area contributed by atoms with E-state index < -0.39 is 6.10 Å². The van der Waals surface area contributed by atoms with Gasteiger partial charge in [0, 0.05) is 12.6 Å². The van der Waals surface area contributed by atoms with Crippen molar-refractivity contribution in [3.63, 3.8) is 0 Å². The van der Waals surface area contributed by atoms with Crippen LogP contribution in [0.15, 0.2) is 0 Å². The molecule has 0 radical (unpaired) electrons. The first-order chi connectivity index (χ1) is 7.63. The molecule has 0 heterocycles. The molecular weight excluding hydrogens is 206 g/mol. The van der Waals surface area contributed by atoms with Gasteiger partial charge in [0.25, 0.3) is 0 Å². The Hall–Kier alpha value is -0.610. The molecule has 16 heavy (non-hydrogen) atoms. The summed E-state index contributed by atoms with van der Waals surface area (Å²) in [7, 11) is 2.02. The highest BCUT2D eigenvalue weighted by Crippen LogP contribution is 2.22. The molecule has 4 nitrogen and oxygen atoms in total. The molecule has 4 heteroatoms. The summed E-state index contributed by atoms with van der Waals surface area (Å²) in [6.07, 6.45) is 4.48. The SMILES string of the molecule is CCOC(=O)CC(O)CN(C)C1CCCC1. The molecule has 1 atom stereocenters. The van der Waals surface area contributed by atoms with Crippen molar-refractivity contribution in [1.82, 2.24) is 4.90 Å². The number of aliphatic hydroxyl groups excluding tert-OH is 1. The molecule has 1 N–H and O–H groups in total. The van der Waals surface area contributed by atoms with E-state index in [1.54, 1.807) is 6.92 Å². The lowest BCUT2D eigenvalue weighted by Gasteiger charge is -2.26. The number of carbonyl (C=O) groups excluding carboxylic acids is 1. The summed E-state index contributed by atoms with van der Waals surface area (Å²) in [5.74, 6) is -0.310. The number of carbonyl (C=O) groups is 1. The van der Waals surface area contributed by atoms with Gasteiger partial charge in [-0.1, -0.05) is 12.8 Å². The number of hydrogen-bond acceptors (Lipinski definition) is 4. The highest BCUT2D eigenvalue weighted by Gasteiger charge is 2.22. The van der Waals surface area contributed by atoms with Gasteiger partial charge in [0.15, 0.2) is 0 Å². The summed E-state index contributed by atoms with van der Waals surface area (Å²) < 4.78 is 4.80. The van der Waals surface area contributed by atoms with Crippen LogP contribution in [0.3, 0.4) is 0 Å². The molecule has 1 aliphatic rings. The molecule has 1 rings (SSSR count). The first-order valence-corrected chi connectivity index (χ1v) is 6.17. The van der Waals surface area contributed by atoms with Crippen LogP contribution in [0, 0.1) is 0 Å². The second-order valence-electron chi connectivity index (χ2n) is 4.54. The highest BCUT2D eigenvalue weighted by molar-refractivity contribution is 5.69. The Kier molecular flexibility index (Phi) is 5.77. The highest BCUT2D eigenvalue weighted by atomic mass is 16.5. The molecule has 0 saturated heterocycles.